The molecule has 21 heavy (non-hydrogen) atoms. The Balaban J connectivity index is 2.15. The van der Waals surface area contributed by atoms with Gasteiger partial charge in [0.2, 0.25) is 0 Å². The standard InChI is InChI=1S/C15H14N2O4/c1-21-8-2-3-11-9(6-8)10-7-16-12(4-5-13(18)19)15(20)14(10)17-11/h2-3,6-7,17,20H,4-5H2,1H3,(H,18,19). The number of pyridine rings is 1. The van der Waals surface area contributed by atoms with Gasteiger partial charge in [-0.2, -0.15) is 0 Å². The van der Waals surface area contributed by atoms with Crippen molar-refractivity contribution in [3.05, 3.63) is 30.1 Å². The molecule has 0 bridgehead atoms. The lowest BCUT2D eigenvalue weighted by atomic mass is 10.1. The molecule has 0 aliphatic heterocycles. The zero-order valence-electron chi connectivity index (χ0n) is 11.4. The van der Waals surface area contributed by atoms with Gasteiger partial charge in [0.15, 0.2) is 5.75 Å². The predicted molar refractivity (Wildman–Crippen MR) is 77.8 cm³/mol. The third-order valence-corrected chi connectivity index (χ3v) is 3.48. The van der Waals surface area contributed by atoms with Crippen molar-refractivity contribution in [1.82, 2.24) is 9.97 Å². The van der Waals surface area contributed by atoms with Crippen LogP contribution >= 0.6 is 0 Å². The summed E-state index contributed by atoms with van der Waals surface area (Å²) in [5, 5.41) is 20.7. The van der Waals surface area contributed by atoms with Crippen molar-refractivity contribution < 1.29 is 19.7 Å². The second kappa shape index (κ2) is 4.97. The molecule has 3 rings (SSSR count). The number of aromatic nitrogens is 2. The number of methoxy groups -OCH3 is 1. The molecule has 6 nitrogen and oxygen atoms in total. The highest BCUT2D eigenvalue weighted by Gasteiger charge is 2.14. The normalized spacial score (nSPS) is 11.1. The van der Waals surface area contributed by atoms with Crippen molar-refractivity contribution in [2.45, 2.75) is 12.8 Å². The van der Waals surface area contributed by atoms with Crippen molar-refractivity contribution in [1.29, 1.82) is 0 Å². The number of aliphatic carboxylic acids is 1. The minimum Gasteiger partial charge on any atom is -0.504 e. The minimum atomic E-state index is -0.919. The second-order valence-electron chi connectivity index (χ2n) is 4.77. The summed E-state index contributed by atoms with van der Waals surface area (Å²) in [6.07, 6.45) is 1.76. The molecule has 2 heterocycles. The SMILES string of the molecule is COc1ccc2[nH]c3c(O)c(CCC(=O)O)ncc3c2c1. The first-order valence-electron chi connectivity index (χ1n) is 6.48. The fraction of sp³-hybridized carbons (Fsp3) is 0.200. The minimum absolute atomic E-state index is 0.00363. The maximum Gasteiger partial charge on any atom is 0.303 e. The molecule has 0 atom stereocenters. The molecule has 1 aromatic carbocycles. The third-order valence-electron chi connectivity index (χ3n) is 3.48. The number of carboxylic acid groups (broad SMARTS) is 1. The fourth-order valence-corrected chi connectivity index (χ4v) is 2.40. The number of aromatic hydroxyl groups is 1. The van der Waals surface area contributed by atoms with Crippen molar-refractivity contribution in [3.8, 4) is 11.5 Å². The molecule has 0 saturated heterocycles. The Bertz CT molecular complexity index is 838. The number of aryl methyl sites for hydroxylation is 1. The average Bonchev–Trinajstić information content (AvgIpc) is 2.85. The molecule has 2 aromatic heterocycles. The van der Waals surface area contributed by atoms with Gasteiger partial charge in [-0.1, -0.05) is 0 Å². The van der Waals surface area contributed by atoms with Crippen LogP contribution in [0.5, 0.6) is 11.5 Å². The number of hydrogen-bond donors (Lipinski definition) is 3. The van der Waals surface area contributed by atoms with Crippen molar-refractivity contribution >= 4 is 27.8 Å². The van der Waals surface area contributed by atoms with Gasteiger partial charge in [0.1, 0.15) is 5.75 Å². The van der Waals surface area contributed by atoms with Gasteiger partial charge < -0.3 is 19.9 Å². The molecule has 0 aliphatic carbocycles. The smallest absolute Gasteiger partial charge is 0.303 e. The van der Waals surface area contributed by atoms with Gasteiger partial charge >= 0.3 is 5.97 Å². The Hall–Kier alpha value is -2.76. The first-order chi connectivity index (χ1) is 10.1. The number of nitrogens with zero attached hydrogens (tertiary/aromatic N) is 1. The number of nitrogens with one attached hydrogen (secondary N) is 1. The largest absolute Gasteiger partial charge is 0.504 e. The van der Waals surface area contributed by atoms with Crippen LogP contribution in [0.3, 0.4) is 0 Å². The van der Waals surface area contributed by atoms with Crippen LogP contribution in [0.2, 0.25) is 0 Å². The van der Waals surface area contributed by atoms with E-state index in [1.165, 1.54) is 0 Å². The summed E-state index contributed by atoms with van der Waals surface area (Å²) >= 11 is 0. The number of aromatic amines is 1. The molecule has 0 saturated carbocycles. The van der Waals surface area contributed by atoms with Crippen molar-refractivity contribution in [2.75, 3.05) is 7.11 Å². The second-order valence-corrected chi connectivity index (χ2v) is 4.77. The maximum atomic E-state index is 10.6. The zero-order valence-corrected chi connectivity index (χ0v) is 11.4. The number of fused-ring (bicyclic) bond motifs is 3. The molecule has 108 valence electrons. The monoisotopic (exact) mass is 286 g/mol. The molecule has 3 aromatic rings. The Morgan fingerprint density at radius 3 is 2.90 bits per heavy atom. The number of H-pyrrole nitrogens is 1. The topological polar surface area (TPSA) is 95.4 Å². The van der Waals surface area contributed by atoms with Crippen LogP contribution in [0.15, 0.2) is 24.4 Å². The summed E-state index contributed by atoms with van der Waals surface area (Å²) in [6, 6.07) is 5.56. The van der Waals surface area contributed by atoms with Crippen LogP contribution in [0.4, 0.5) is 0 Å². The molecular weight excluding hydrogens is 272 g/mol. The Morgan fingerprint density at radius 2 is 2.19 bits per heavy atom. The highest BCUT2D eigenvalue weighted by atomic mass is 16.5. The number of rotatable bonds is 4. The lowest BCUT2D eigenvalue weighted by Gasteiger charge is -2.03. The van der Waals surface area contributed by atoms with Crippen molar-refractivity contribution in [2.24, 2.45) is 0 Å². The van der Waals surface area contributed by atoms with Crippen molar-refractivity contribution in [3.63, 3.8) is 0 Å². The van der Waals surface area contributed by atoms with E-state index in [9.17, 15) is 9.90 Å². The van der Waals surface area contributed by atoms with Gasteiger partial charge in [-0.05, 0) is 18.2 Å². The summed E-state index contributed by atoms with van der Waals surface area (Å²) < 4.78 is 5.20. The highest BCUT2D eigenvalue weighted by Crippen LogP contribution is 2.34. The van der Waals surface area contributed by atoms with Crippen LogP contribution in [0.1, 0.15) is 12.1 Å². The third kappa shape index (κ3) is 2.24. The van der Waals surface area contributed by atoms with Crippen LogP contribution < -0.4 is 4.74 Å². The van der Waals surface area contributed by atoms with Crippen LogP contribution in [0, 0.1) is 0 Å². The molecule has 3 N–H and O–H groups in total. The van der Waals surface area contributed by atoms with E-state index in [0.717, 1.165) is 22.0 Å². The summed E-state index contributed by atoms with van der Waals surface area (Å²) in [5.74, 6) is -0.195. The van der Waals surface area contributed by atoms with Gasteiger partial charge in [0.25, 0.3) is 0 Å². The fourth-order valence-electron chi connectivity index (χ4n) is 2.40. The lowest BCUT2D eigenvalue weighted by Crippen LogP contribution is -1.99. The molecule has 0 amide bonds. The first-order valence-corrected chi connectivity index (χ1v) is 6.48. The molecule has 0 fully saturated rings. The summed E-state index contributed by atoms with van der Waals surface area (Å²) in [5.41, 5.74) is 1.80. The molecular formula is C15H14N2O4. The van der Waals surface area contributed by atoms with E-state index in [1.54, 1.807) is 13.3 Å². The highest BCUT2D eigenvalue weighted by molar-refractivity contribution is 6.09. The van der Waals surface area contributed by atoms with Crippen LogP contribution in [-0.4, -0.2) is 33.3 Å². The van der Waals surface area contributed by atoms with E-state index in [4.69, 9.17) is 9.84 Å². The number of ether oxygens (including phenoxy) is 1. The molecule has 0 aliphatic rings. The van der Waals surface area contributed by atoms with Gasteiger partial charge in [-0.3, -0.25) is 9.78 Å². The quantitative estimate of drug-likeness (QED) is 0.684. The van der Waals surface area contributed by atoms with E-state index < -0.39 is 5.97 Å². The molecule has 0 spiro atoms. The lowest BCUT2D eigenvalue weighted by molar-refractivity contribution is -0.136. The number of hydrogen-bond acceptors (Lipinski definition) is 4. The van der Waals surface area contributed by atoms with Gasteiger partial charge in [0, 0.05) is 28.9 Å². The number of carbonyl (C=O) groups is 1. The average molecular weight is 286 g/mol. The van der Waals surface area contributed by atoms with Gasteiger partial charge in [-0.25, -0.2) is 0 Å². The maximum absolute atomic E-state index is 10.6. The van der Waals surface area contributed by atoms with E-state index >= 15 is 0 Å². The Labute approximate surface area is 120 Å². The number of benzene rings is 1. The van der Waals surface area contributed by atoms with E-state index in [-0.39, 0.29) is 18.6 Å². The first kappa shape index (κ1) is 13.2. The number of carboxylic acids is 1. The van der Waals surface area contributed by atoms with E-state index in [0.29, 0.717) is 11.2 Å². The molecule has 0 radical (unpaired) electrons. The Kier molecular flexibility index (Phi) is 3.13. The Morgan fingerprint density at radius 1 is 1.38 bits per heavy atom. The summed E-state index contributed by atoms with van der Waals surface area (Å²) in [6.45, 7) is 0. The van der Waals surface area contributed by atoms with Gasteiger partial charge in [-0.15, -0.1) is 0 Å². The predicted octanol–water partition coefficient (Wildman–Crippen LogP) is 2.45. The molecule has 0 unspecified atom stereocenters. The van der Waals surface area contributed by atoms with E-state index in [1.807, 2.05) is 18.2 Å². The molecule has 6 heteroatoms. The van der Waals surface area contributed by atoms with Gasteiger partial charge in [0.05, 0.1) is 24.7 Å². The zero-order chi connectivity index (χ0) is 15.0. The summed E-state index contributed by atoms with van der Waals surface area (Å²) in [7, 11) is 1.59. The van der Waals surface area contributed by atoms with E-state index in [2.05, 4.69) is 9.97 Å². The summed E-state index contributed by atoms with van der Waals surface area (Å²) in [4.78, 5) is 17.9. The van der Waals surface area contributed by atoms with Crippen LogP contribution in [0.25, 0.3) is 21.8 Å². The van der Waals surface area contributed by atoms with Crippen LogP contribution in [-0.2, 0) is 11.2 Å².